The second-order valence-corrected chi connectivity index (χ2v) is 4.81. The Morgan fingerprint density at radius 1 is 1.05 bits per heavy atom. The van der Waals surface area contributed by atoms with Gasteiger partial charge in [0.05, 0.1) is 22.2 Å². The zero-order valence-electron chi connectivity index (χ0n) is 10.9. The number of nitrogens with zero attached hydrogens (tertiary/aromatic N) is 2. The fourth-order valence-electron chi connectivity index (χ4n) is 1.88. The van der Waals surface area contributed by atoms with E-state index in [4.69, 9.17) is 22.1 Å². The van der Waals surface area contributed by atoms with Crippen LogP contribution in [0.5, 0.6) is 0 Å². The molecule has 2 aromatic carbocycles. The molecule has 2 aromatic rings. The molecule has 0 radical (unpaired) electrons. The van der Waals surface area contributed by atoms with Gasteiger partial charge in [0.1, 0.15) is 6.07 Å². The first-order valence-electron chi connectivity index (χ1n) is 6.10. The van der Waals surface area contributed by atoms with E-state index >= 15 is 0 Å². The number of rotatable bonds is 3. The molecule has 0 fully saturated rings. The number of nitriles is 2. The van der Waals surface area contributed by atoms with Crippen molar-refractivity contribution in [1.82, 2.24) is 0 Å². The molecule has 1 N–H and O–H groups in total. The summed E-state index contributed by atoms with van der Waals surface area (Å²) >= 11 is 5.90. The molecule has 0 amide bonds. The third kappa shape index (κ3) is 3.09. The quantitative estimate of drug-likeness (QED) is 0.914. The smallest absolute Gasteiger partial charge is 0.101 e. The molecule has 0 saturated heterocycles. The van der Waals surface area contributed by atoms with E-state index in [2.05, 4.69) is 17.5 Å². The van der Waals surface area contributed by atoms with Crippen LogP contribution in [0.3, 0.4) is 0 Å². The maximum absolute atomic E-state index is 8.96. The molecule has 20 heavy (non-hydrogen) atoms. The Hall–Kier alpha value is -2.49. The molecule has 0 aromatic heterocycles. The number of hydrogen-bond acceptors (Lipinski definition) is 3. The van der Waals surface area contributed by atoms with Gasteiger partial charge in [-0.15, -0.1) is 0 Å². The molecule has 1 unspecified atom stereocenters. The van der Waals surface area contributed by atoms with Crippen molar-refractivity contribution >= 4 is 17.3 Å². The Labute approximate surface area is 123 Å². The van der Waals surface area contributed by atoms with Crippen LogP contribution in [0.25, 0.3) is 0 Å². The summed E-state index contributed by atoms with van der Waals surface area (Å²) in [6.07, 6.45) is 0. The van der Waals surface area contributed by atoms with Crippen LogP contribution in [0.15, 0.2) is 42.5 Å². The van der Waals surface area contributed by atoms with Gasteiger partial charge in [0.25, 0.3) is 0 Å². The molecule has 0 bridgehead atoms. The summed E-state index contributed by atoms with van der Waals surface area (Å²) in [5.74, 6) is 0. The Bertz CT molecular complexity index is 693. The van der Waals surface area contributed by atoms with E-state index in [0.29, 0.717) is 16.1 Å². The number of hydrogen-bond donors (Lipinski definition) is 1. The van der Waals surface area contributed by atoms with E-state index in [1.807, 2.05) is 25.1 Å². The lowest BCUT2D eigenvalue weighted by Crippen LogP contribution is -2.06. The van der Waals surface area contributed by atoms with Crippen molar-refractivity contribution in [3.05, 3.63) is 64.2 Å². The minimum atomic E-state index is 0.0652. The van der Waals surface area contributed by atoms with Crippen LogP contribution in [-0.4, -0.2) is 0 Å². The lowest BCUT2D eigenvalue weighted by Gasteiger charge is -2.16. The van der Waals surface area contributed by atoms with Crippen LogP contribution < -0.4 is 5.32 Å². The Balaban J connectivity index is 2.17. The van der Waals surface area contributed by atoms with Gasteiger partial charge in [-0.2, -0.15) is 10.5 Å². The topological polar surface area (TPSA) is 59.6 Å². The van der Waals surface area contributed by atoms with E-state index < -0.39 is 0 Å². The number of nitrogens with one attached hydrogen (secondary N) is 1. The normalized spacial score (nSPS) is 11.2. The molecule has 1 atom stereocenters. The van der Waals surface area contributed by atoms with Crippen molar-refractivity contribution in [3.8, 4) is 12.1 Å². The Kier molecular flexibility index (Phi) is 4.25. The first-order valence-corrected chi connectivity index (χ1v) is 6.48. The molecular weight excluding hydrogens is 270 g/mol. The predicted molar refractivity (Wildman–Crippen MR) is 79.4 cm³/mol. The van der Waals surface area contributed by atoms with Crippen molar-refractivity contribution < 1.29 is 0 Å². The molecule has 3 nitrogen and oxygen atoms in total. The van der Waals surface area contributed by atoms with Crippen LogP contribution in [0.1, 0.15) is 29.7 Å². The van der Waals surface area contributed by atoms with Crippen molar-refractivity contribution in [2.24, 2.45) is 0 Å². The predicted octanol–water partition coefficient (Wildman–Crippen LogP) is 4.26. The minimum Gasteiger partial charge on any atom is -0.378 e. The SMILES string of the molecule is CC(Nc1ccc(Cl)c(C#N)c1)c1ccc(C#N)cc1. The lowest BCUT2D eigenvalue weighted by atomic mass is 10.1. The fourth-order valence-corrected chi connectivity index (χ4v) is 2.04. The molecule has 98 valence electrons. The molecular formula is C16H12ClN3. The van der Waals surface area contributed by atoms with Crippen LogP contribution in [0.4, 0.5) is 5.69 Å². The second kappa shape index (κ2) is 6.10. The molecule has 0 saturated carbocycles. The van der Waals surface area contributed by atoms with E-state index in [-0.39, 0.29) is 6.04 Å². The minimum absolute atomic E-state index is 0.0652. The van der Waals surface area contributed by atoms with Gasteiger partial charge in [0.2, 0.25) is 0 Å². The lowest BCUT2D eigenvalue weighted by molar-refractivity contribution is 0.884. The molecule has 0 spiro atoms. The van der Waals surface area contributed by atoms with Crippen LogP contribution >= 0.6 is 11.6 Å². The van der Waals surface area contributed by atoms with Gasteiger partial charge >= 0.3 is 0 Å². The highest BCUT2D eigenvalue weighted by molar-refractivity contribution is 6.31. The second-order valence-electron chi connectivity index (χ2n) is 4.41. The number of benzene rings is 2. The number of halogens is 1. The van der Waals surface area contributed by atoms with Gasteiger partial charge < -0.3 is 5.32 Å². The first kappa shape index (κ1) is 13.9. The Morgan fingerprint density at radius 3 is 2.35 bits per heavy atom. The van der Waals surface area contributed by atoms with E-state index in [1.54, 1.807) is 24.3 Å². The summed E-state index contributed by atoms with van der Waals surface area (Å²) in [4.78, 5) is 0. The average molecular weight is 282 g/mol. The summed E-state index contributed by atoms with van der Waals surface area (Å²) in [5.41, 5.74) is 2.99. The molecule has 2 rings (SSSR count). The van der Waals surface area contributed by atoms with E-state index in [1.165, 1.54) is 0 Å². The van der Waals surface area contributed by atoms with Crippen molar-refractivity contribution in [2.45, 2.75) is 13.0 Å². The monoisotopic (exact) mass is 281 g/mol. The first-order chi connectivity index (χ1) is 9.63. The Morgan fingerprint density at radius 2 is 1.75 bits per heavy atom. The highest BCUT2D eigenvalue weighted by Gasteiger charge is 2.07. The van der Waals surface area contributed by atoms with Crippen LogP contribution in [0, 0.1) is 22.7 Å². The van der Waals surface area contributed by atoms with Gasteiger partial charge in [-0.3, -0.25) is 0 Å². The molecule has 0 heterocycles. The van der Waals surface area contributed by atoms with Gasteiger partial charge in [-0.1, -0.05) is 23.7 Å². The van der Waals surface area contributed by atoms with E-state index in [9.17, 15) is 0 Å². The zero-order chi connectivity index (χ0) is 14.5. The highest BCUT2D eigenvalue weighted by atomic mass is 35.5. The summed E-state index contributed by atoms with van der Waals surface area (Å²) in [7, 11) is 0. The fraction of sp³-hybridized carbons (Fsp3) is 0.125. The molecule has 0 aliphatic rings. The average Bonchev–Trinajstić information content (AvgIpc) is 2.49. The largest absolute Gasteiger partial charge is 0.378 e. The molecule has 0 aliphatic heterocycles. The van der Waals surface area contributed by atoms with Gasteiger partial charge in [-0.25, -0.2) is 0 Å². The molecule has 0 aliphatic carbocycles. The third-order valence-corrected chi connectivity index (χ3v) is 3.34. The third-order valence-electron chi connectivity index (χ3n) is 3.01. The molecule has 4 heteroatoms. The standard InChI is InChI=1S/C16H12ClN3/c1-11(13-4-2-12(9-18)3-5-13)20-15-6-7-16(17)14(8-15)10-19/h2-8,11,20H,1H3. The maximum Gasteiger partial charge on any atom is 0.101 e. The maximum atomic E-state index is 8.96. The number of anilines is 1. The summed E-state index contributed by atoms with van der Waals surface area (Å²) in [6.45, 7) is 2.02. The van der Waals surface area contributed by atoms with Crippen LogP contribution in [0.2, 0.25) is 5.02 Å². The van der Waals surface area contributed by atoms with Gasteiger partial charge in [0, 0.05) is 11.7 Å². The van der Waals surface area contributed by atoms with E-state index in [0.717, 1.165) is 11.3 Å². The van der Waals surface area contributed by atoms with Crippen LogP contribution in [-0.2, 0) is 0 Å². The summed E-state index contributed by atoms with van der Waals surface area (Å²) < 4.78 is 0. The van der Waals surface area contributed by atoms with Gasteiger partial charge in [0.15, 0.2) is 0 Å². The van der Waals surface area contributed by atoms with Crippen molar-refractivity contribution in [1.29, 1.82) is 10.5 Å². The summed E-state index contributed by atoms with van der Waals surface area (Å²) in [6, 6.07) is 16.9. The zero-order valence-corrected chi connectivity index (χ0v) is 11.6. The van der Waals surface area contributed by atoms with Gasteiger partial charge in [-0.05, 0) is 42.8 Å². The van der Waals surface area contributed by atoms with Crippen molar-refractivity contribution in [3.63, 3.8) is 0 Å². The highest BCUT2D eigenvalue weighted by Crippen LogP contribution is 2.24. The summed E-state index contributed by atoms with van der Waals surface area (Å²) in [5, 5.41) is 21.5. The van der Waals surface area contributed by atoms with Crippen molar-refractivity contribution in [2.75, 3.05) is 5.32 Å².